The molecule has 0 unspecified atom stereocenters. The molecule has 1 heterocycles. The van der Waals surface area contributed by atoms with Crippen LogP contribution in [0.3, 0.4) is 0 Å². The van der Waals surface area contributed by atoms with Crippen molar-refractivity contribution in [2.24, 2.45) is 5.92 Å². The molecule has 0 aliphatic carbocycles. The van der Waals surface area contributed by atoms with Gasteiger partial charge in [-0.2, -0.15) is 0 Å². The van der Waals surface area contributed by atoms with E-state index >= 15 is 0 Å². The Labute approximate surface area is 235 Å². The fourth-order valence-electron chi connectivity index (χ4n) is 4.56. The lowest BCUT2D eigenvalue weighted by Crippen LogP contribution is -2.57. The lowest BCUT2D eigenvalue weighted by molar-refractivity contribution is -0.140. The first-order chi connectivity index (χ1) is 19.1. The van der Waals surface area contributed by atoms with Gasteiger partial charge in [0, 0.05) is 32.1 Å². The largest absolute Gasteiger partial charge is 0.354 e. The van der Waals surface area contributed by atoms with Gasteiger partial charge >= 0.3 is 0 Å². The second-order valence-electron chi connectivity index (χ2n) is 10.4. The summed E-state index contributed by atoms with van der Waals surface area (Å²) in [6.45, 7) is 5.36. The van der Waals surface area contributed by atoms with E-state index in [1.54, 1.807) is 51.1 Å². The monoisotopic (exact) mass is 549 g/mol. The smallest absolute Gasteiger partial charge is 0.254 e. The van der Waals surface area contributed by atoms with Crippen molar-refractivity contribution in [2.45, 2.75) is 51.7 Å². The standard InChI is InChI=1S/C30H39N5O5/c1-20(2)26-30(40)34(4)19-25(36)32-24(18-22-12-7-5-8-13-22)28(38)31-16-11-17-35(21(3)27(37)33-26)29(39)23-14-9-6-10-15-23/h5-10,12-15,20-21,24,26H,11,16-19H2,1-4H3,(H,31,38)(H,32,36)(H,33,37)/t21-,24+,26+/m1/s1. The SMILES string of the molecule is CC(C)[C@@H]1NC(=O)[C@@H](C)N(C(=O)c2ccccc2)CCCNC(=O)[C@H](Cc2ccccc2)NC(=O)CN(C)C1=O. The molecule has 0 bridgehead atoms. The number of rotatable bonds is 4. The molecule has 2 aromatic rings. The van der Waals surface area contributed by atoms with Gasteiger partial charge in [-0.15, -0.1) is 0 Å². The highest BCUT2D eigenvalue weighted by Gasteiger charge is 2.33. The average molecular weight is 550 g/mol. The van der Waals surface area contributed by atoms with Gasteiger partial charge in [0.2, 0.25) is 23.6 Å². The van der Waals surface area contributed by atoms with Crippen LogP contribution in [0.2, 0.25) is 0 Å². The van der Waals surface area contributed by atoms with Crippen molar-refractivity contribution in [1.29, 1.82) is 0 Å². The Kier molecular flexibility index (Phi) is 10.8. The molecule has 3 N–H and O–H groups in total. The average Bonchev–Trinajstić information content (AvgIpc) is 2.94. The van der Waals surface area contributed by atoms with E-state index in [4.69, 9.17) is 0 Å². The Hall–Kier alpha value is -4.21. The zero-order chi connectivity index (χ0) is 29.2. The highest BCUT2D eigenvalue weighted by atomic mass is 16.2. The van der Waals surface area contributed by atoms with Gasteiger partial charge in [-0.3, -0.25) is 24.0 Å². The Balaban J connectivity index is 1.89. The van der Waals surface area contributed by atoms with Crippen molar-refractivity contribution in [3.8, 4) is 0 Å². The van der Waals surface area contributed by atoms with Crippen LogP contribution in [0, 0.1) is 5.92 Å². The van der Waals surface area contributed by atoms with Gasteiger partial charge < -0.3 is 25.8 Å². The molecule has 1 fully saturated rings. The highest BCUT2D eigenvalue weighted by Crippen LogP contribution is 2.13. The number of likely N-dealkylation sites (N-methyl/N-ethyl adjacent to an activating group) is 1. The molecule has 3 atom stereocenters. The second-order valence-corrected chi connectivity index (χ2v) is 10.4. The van der Waals surface area contributed by atoms with Gasteiger partial charge in [0.05, 0.1) is 6.54 Å². The molecule has 0 saturated carbocycles. The van der Waals surface area contributed by atoms with Crippen LogP contribution in [-0.4, -0.2) is 84.1 Å². The third kappa shape index (κ3) is 8.14. The number of carbonyl (C=O) groups is 5. The molecule has 2 aromatic carbocycles. The van der Waals surface area contributed by atoms with E-state index in [0.717, 1.165) is 5.56 Å². The van der Waals surface area contributed by atoms with Crippen LogP contribution < -0.4 is 16.0 Å². The van der Waals surface area contributed by atoms with Gasteiger partial charge in [-0.25, -0.2) is 0 Å². The van der Waals surface area contributed by atoms with Gasteiger partial charge in [0.1, 0.15) is 18.1 Å². The normalized spacial score (nSPS) is 22.0. The van der Waals surface area contributed by atoms with E-state index < -0.39 is 35.8 Å². The van der Waals surface area contributed by atoms with Gasteiger partial charge in [-0.1, -0.05) is 62.4 Å². The quantitative estimate of drug-likeness (QED) is 0.531. The summed E-state index contributed by atoms with van der Waals surface area (Å²) < 4.78 is 0. The van der Waals surface area contributed by atoms with Crippen LogP contribution in [0.1, 0.15) is 43.1 Å². The minimum atomic E-state index is -0.905. The summed E-state index contributed by atoms with van der Waals surface area (Å²) in [6.07, 6.45) is 0.652. The van der Waals surface area contributed by atoms with E-state index in [0.29, 0.717) is 12.0 Å². The van der Waals surface area contributed by atoms with E-state index in [9.17, 15) is 24.0 Å². The third-order valence-electron chi connectivity index (χ3n) is 6.93. The van der Waals surface area contributed by atoms with Crippen molar-refractivity contribution in [3.05, 3.63) is 71.8 Å². The molecule has 40 heavy (non-hydrogen) atoms. The van der Waals surface area contributed by atoms with Crippen molar-refractivity contribution in [3.63, 3.8) is 0 Å². The first-order valence-corrected chi connectivity index (χ1v) is 13.6. The molecule has 214 valence electrons. The molecular weight excluding hydrogens is 510 g/mol. The first-order valence-electron chi connectivity index (χ1n) is 13.6. The zero-order valence-electron chi connectivity index (χ0n) is 23.6. The molecule has 3 rings (SSSR count). The summed E-state index contributed by atoms with van der Waals surface area (Å²) in [5.74, 6) is -2.38. The molecule has 10 nitrogen and oxygen atoms in total. The zero-order valence-corrected chi connectivity index (χ0v) is 23.6. The van der Waals surface area contributed by atoms with E-state index in [2.05, 4.69) is 16.0 Å². The van der Waals surface area contributed by atoms with Crippen molar-refractivity contribution in [2.75, 3.05) is 26.7 Å². The van der Waals surface area contributed by atoms with Crippen molar-refractivity contribution < 1.29 is 24.0 Å². The fraction of sp³-hybridized carbons (Fsp3) is 0.433. The summed E-state index contributed by atoms with van der Waals surface area (Å²) in [5.41, 5.74) is 1.31. The van der Waals surface area contributed by atoms with Crippen LogP contribution in [0.4, 0.5) is 0 Å². The maximum atomic E-state index is 13.4. The fourth-order valence-corrected chi connectivity index (χ4v) is 4.56. The number of nitrogens with zero attached hydrogens (tertiary/aromatic N) is 2. The summed E-state index contributed by atoms with van der Waals surface area (Å²) in [5, 5.41) is 8.41. The highest BCUT2D eigenvalue weighted by molar-refractivity contribution is 5.98. The molecule has 1 saturated heterocycles. The van der Waals surface area contributed by atoms with Crippen LogP contribution in [0.15, 0.2) is 60.7 Å². The summed E-state index contributed by atoms with van der Waals surface area (Å²) in [4.78, 5) is 68.8. The predicted octanol–water partition coefficient (Wildman–Crippen LogP) is 1.36. The number of hydrogen-bond acceptors (Lipinski definition) is 5. The number of hydrogen-bond donors (Lipinski definition) is 3. The predicted molar refractivity (Wildman–Crippen MR) is 151 cm³/mol. The van der Waals surface area contributed by atoms with Crippen LogP contribution in [-0.2, 0) is 25.6 Å². The van der Waals surface area contributed by atoms with Crippen molar-refractivity contribution >= 4 is 29.5 Å². The Morgan fingerprint density at radius 2 is 1.55 bits per heavy atom. The van der Waals surface area contributed by atoms with E-state index in [1.165, 1.54) is 16.8 Å². The third-order valence-corrected chi connectivity index (χ3v) is 6.93. The lowest BCUT2D eigenvalue weighted by atomic mass is 10.0. The Morgan fingerprint density at radius 3 is 2.17 bits per heavy atom. The molecule has 0 radical (unpaired) electrons. The first kappa shape index (κ1) is 30.3. The summed E-state index contributed by atoms with van der Waals surface area (Å²) >= 11 is 0. The summed E-state index contributed by atoms with van der Waals surface area (Å²) in [6, 6.07) is 15.4. The molecule has 1 aliphatic rings. The molecule has 5 amide bonds. The Bertz CT molecular complexity index is 1190. The Morgan fingerprint density at radius 1 is 0.925 bits per heavy atom. The maximum absolute atomic E-state index is 13.4. The van der Waals surface area contributed by atoms with E-state index in [1.807, 2.05) is 30.3 Å². The van der Waals surface area contributed by atoms with Gasteiger partial charge in [0.15, 0.2) is 0 Å². The molecule has 1 aliphatic heterocycles. The molecule has 0 aromatic heterocycles. The number of benzene rings is 2. The van der Waals surface area contributed by atoms with Crippen LogP contribution in [0.25, 0.3) is 0 Å². The number of nitrogens with one attached hydrogen (secondary N) is 3. The maximum Gasteiger partial charge on any atom is 0.254 e. The van der Waals surface area contributed by atoms with E-state index in [-0.39, 0.29) is 43.8 Å². The molecule has 10 heteroatoms. The van der Waals surface area contributed by atoms with Crippen LogP contribution >= 0.6 is 0 Å². The second kappa shape index (κ2) is 14.3. The van der Waals surface area contributed by atoms with Crippen molar-refractivity contribution in [1.82, 2.24) is 25.8 Å². The number of amides is 5. The van der Waals surface area contributed by atoms with Gasteiger partial charge in [-0.05, 0) is 37.0 Å². The lowest BCUT2D eigenvalue weighted by Gasteiger charge is -2.32. The topological polar surface area (TPSA) is 128 Å². The molecular formula is C30H39N5O5. The molecule has 0 spiro atoms. The van der Waals surface area contributed by atoms with Gasteiger partial charge in [0.25, 0.3) is 5.91 Å². The summed E-state index contributed by atoms with van der Waals surface area (Å²) in [7, 11) is 1.48. The minimum Gasteiger partial charge on any atom is -0.354 e. The van der Waals surface area contributed by atoms with Crippen LogP contribution in [0.5, 0.6) is 0 Å². The number of carbonyl (C=O) groups excluding carboxylic acids is 5. The minimum absolute atomic E-state index is 0.193.